The second-order valence-electron chi connectivity index (χ2n) is 21.5. The highest BCUT2D eigenvalue weighted by atomic mass is 32.2. The Morgan fingerprint density at radius 3 is 1.43 bits per heavy atom. The molecule has 0 saturated carbocycles. The van der Waals surface area contributed by atoms with Crippen LogP contribution in [0.1, 0.15) is 70.2 Å². The van der Waals surface area contributed by atoms with E-state index in [1.807, 2.05) is 151 Å². The van der Waals surface area contributed by atoms with Crippen molar-refractivity contribution in [2.45, 2.75) is 114 Å². The molecule has 8 rings (SSSR count). The Morgan fingerprint density at radius 2 is 0.988 bits per heavy atom. The molecule has 0 spiro atoms. The number of sulfonamides is 2. The average Bonchev–Trinajstić information content (AvgIpc) is 4.04. The van der Waals surface area contributed by atoms with Crippen molar-refractivity contribution in [3.05, 3.63) is 168 Å². The Bertz CT molecular complexity index is 3250. The molecule has 2 aliphatic rings. The summed E-state index contributed by atoms with van der Waals surface area (Å²) >= 11 is 0. The summed E-state index contributed by atoms with van der Waals surface area (Å²) < 4.78 is 107. The number of amides is 1. The third kappa shape index (κ3) is 20.0. The second kappa shape index (κ2) is 32.7. The number of alkyl carbamates (subject to hydrolysis) is 1. The van der Waals surface area contributed by atoms with Crippen LogP contribution in [-0.4, -0.2) is 132 Å². The molecule has 0 bridgehead atoms. The highest BCUT2D eigenvalue weighted by Crippen LogP contribution is 2.36. The number of hydrogen-bond donors (Lipinski definition) is 4. The van der Waals surface area contributed by atoms with Gasteiger partial charge in [0, 0.05) is 64.0 Å². The van der Waals surface area contributed by atoms with Gasteiger partial charge in [0.2, 0.25) is 33.6 Å². The summed E-state index contributed by atoms with van der Waals surface area (Å²) in [6, 6.07) is 42.0. The molecule has 0 unspecified atom stereocenters. The molecule has 2 heterocycles. The van der Waals surface area contributed by atoms with Gasteiger partial charge in [0.15, 0.2) is 29.3 Å². The molecule has 6 aromatic carbocycles. The van der Waals surface area contributed by atoms with E-state index >= 15 is 0 Å². The lowest BCUT2D eigenvalue weighted by molar-refractivity contribution is -0.144. The monoisotopic (exact) mass is 1230 g/mol. The highest BCUT2D eigenvalue weighted by molar-refractivity contribution is 7.89. The van der Waals surface area contributed by atoms with E-state index in [0.29, 0.717) is 68.0 Å². The summed E-state index contributed by atoms with van der Waals surface area (Å²) in [6.07, 6.45) is -2.73. The van der Waals surface area contributed by atoms with Crippen molar-refractivity contribution in [2.75, 3.05) is 59.6 Å². The largest absolute Gasteiger partial charge is 0.489 e. The lowest BCUT2D eigenvalue weighted by atomic mass is 10.0. The first kappa shape index (κ1) is 66.5. The van der Waals surface area contributed by atoms with Gasteiger partial charge in [0.25, 0.3) is 0 Å². The van der Waals surface area contributed by atoms with Crippen molar-refractivity contribution < 1.29 is 74.5 Å². The van der Waals surface area contributed by atoms with E-state index in [9.17, 15) is 31.8 Å². The number of aliphatic hydroxyl groups is 2. The maximum atomic E-state index is 13.9. The van der Waals surface area contributed by atoms with E-state index in [2.05, 4.69) is 5.32 Å². The molecule has 86 heavy (non-hydrogen) atoms. The minimum Gasteiger partial charge on any atom is -0.489 e. The van der Waals surface area contributed by atoms with Gasteiger partial charge in [0.1, 0.15) is 24.7 Å². The van der Waals surface area contributed by atoms with Gasteiger partial charge in [-0.2, -0.15) is 8.61 Å². The van der Waals surface area contributed by atoms with Gasteiger partial charge < -0.3 is 63.9 Å². The number of fused-ring (bicyclic) bond motifs is 2. The number of carbonyl (C=O) groups excluding carboxylic acids is 1. The first-order chi connectivity index (χ1) is 41.3. The number of nitrogens with zero attached hydrogens (tertiary/aromatic N) is 2. The molecule has 0 fully saturated rings. The summed E-state index contributed by atoms with van der Waals surface area (Å²) in [7, 11) is -7.96. The van der Waals surface area contributed by atoms with E-state index in [0.717, 1.165) is 28.0 Å². The molecule has 20 nitrogen and oxygen atoms in total. The average molecular weight is 1230 g/mol. The number of benzene rings is 6. The number of hydrogen-bond acceptors (Lipinski definition) is 17. The Morgan fingerprint density at radius 1 is 0.558 bits per heavy atom. The number of ether oxygens (including phenoxy) is 9. The van der Waals surface area contributed by atoms with Crippen molar-refractivity contribution >= 4 is 26.1 Å². The Kier molecular flexibility index (Phi) is 25.3. The van der Waals surface area contributed by atoms with Crippen LogP contribution in [0, 0.1) is 11.8 Å². The number of aliphatic hydroxyl groups excluding tert-OH is 2. The topological polar surface area (TPSA) is 253 Å². The Labute approximate surface area is 506 Å². The molecule has 0 aromatic heterocycles. The van der Waals surface area contributed by atoms with E-state index in [-0.39, 0.29) is 74.4 Å². The van der Waals surface area contributed by atoms with Crippen LogP contribution in [0.5, 0.6) is 34.5 Å². The van der Waals surface area contributed by atoms with Crippen molar-refractivity contribution in [3.63, 3.8) is 0 Å². The number of nitrogens with two attached hydrogens (primary N) is 1. The van der Waals surface area contributed by atoms with E-state index < -0.39 is 56.7 Å². The van der Waals surface area contributed by atoms with Crippen LogP contribution < -0.4 is 39.5 Å². The van der Waals surface area contributed by atoms with Crippen molar-refractivity contribution in [1.82, 2.24) is 13.9 Å². The molecule has 4 atom stereocenters. The van der Waals surface area contributed by atoms with Gasteiger partial charge in [0.05, 0.1) is 34.6 Å². The lowest BCUT2D eigenvalue weighted by Crippen LogP contribution is -2.51. The summed E-state index contributed by atoms with van der Waals surface area (Å²) in [5.74, 6) is 3.08. The van der Waals surface area contributed by atoms with Crippen LogP contribution in [0.4, 0.5) is 4.79 Å². The second-order valence-corrected chi connectivity index (χ2v) is 25.4. The lowest BCUT2D eigenvalue weighted by Gasteiger charge is -2.30. The Hall–Kier alpha value is -6.99. The predicted octanol–water partition coefficient (Wildman–Crippen LogP) is 8.70. The van der Waals surface area contributed by atoms with Crippen LogP contribution in [-0.2, 0) is 60.3 Å². The highest BCUT2D eigenvalue weighted by Gasteiger charge is 2.34. The molecular formula is C64H82N4O16S2. The molecule has 6 aromatic rings. The summed E-state index contributed by atoms with van der Waals surface area (Å²) in [5.41, 5.74) is 10.1. The minimum absolute atomic E-state index is 0.00868. The molecule has 5 N–H and O–H groups in total. The van der Waals surface area contributed by atoms with Crippen LogP contribution in [0.3, 0.4) is 0 Å². The fourth-order valence-corrected chi connectivity index (χ4v) is 12.6. The predicted molar refractivity (Wildman–Crippen MR) is 324 cm³/mol. The molecule has 22 heteroatoms. The number of rotatable bonds is 32. The first-order valence-electron chi connectivity index (χ1n) is 28.9. The normalized spacial score (nSPS) is 14.2. The molecular weight excluding hydrogens is 1140 g/mol. The SMILES string of the molecule is CC(C)CN(C[C@@H](O)[C@@H](N)Cc1ccc(OCc2ccccc2)cc1)S(=O)(=O)c1ccc2c(c1)OCO2.CCOC(CCOC(=O)N[C@@H](Cc1ccc(OCc2ccccc2)cc1)[C@H](O)CN(CC(C)C)S(=O)(=O)c1ccc2c(c1)OCO2)OCC. The van der Waals surface area contributed by atoms with Gasteiger partial charge in [-0.25, -0.2) is 21.6 Å². The van der Waals surface area contributed by atoms with Crippen molar-refractivity contribution in [1.29, 1.82) is 0 Å². The third-order valence-electron chi connectivity index (χ3n) is 13.7. The van der Waals surface area contributed by atoms with Crippen molar-refractivity contribution in [3.8, 4) is 34.5 Å². The van der Waals surface area contributed by atoms with Crippen LogP contribution >= 0.6 is 0 Å². The number of carbonyl (C=O) groups is 1. The molecule has 466 valence electrons. The Balaban J connectivity index is 0.000000255. The van der Waals surface area contributed by atoms with Crippen molar-refractivity contribution in [2.24, 2.45) is 17.6 Å². The van der Waals surface area contributed by atoms with Gasteiger partial charge in [-0.1, -0.05) is 113 Å². The van der Waals surface area contributed by atoms with E-state index in [1.54, 1.807) is 12.1 Å². The summed E-state index contributed by atoms with van der Waals surface area (Å²) in [4.78, 5) is 13.1. The zero-order chi connectivity index (χ0) is 61.6. The van der Waals surface area contributed by atoms with E-state index in [4.69, 9.17) is 48.4 Å². The molecule has 0 radical (unpaired) electrons. The smallest absolute Gasteiger partial charge is 0.407 e. The molecule has 2 aliphatic heterocycles. The maximum absolute atomic E-state index is 13.9. The fourth-order valence-electron chi connectivity index (χ4n) is 9.31. The third-order valence-corrected chi connectivity index (χ3v) is 17.4. The molecule has 0 aliphatic carbocycles. The summed E-state index contributed by atoms with van der Waals surface area (Å²) in [6.45, 7) is 13.2. The summed E-state index contributed by atoms with van der Waals surface area (Å²) in [5, 5.41) is 25.3. The van der Waals surface area contributed by atoms with Gasteiger partial charge in [-0.3, -0.25) is 0 Å². The minimum atomic E-state index is -4.07. The first-order valence-corrected chi connectivity index (χ1v) is 31.8. The molecule has 0 saturated heterocycles. The standard InChI is InChI=1S/C36H48N2O10S.C28H34N2O6S/c1-5-43-35(44-6-2)18-19-45-36(40)37-31(20-27-12-14-29(15-13-27)46-24-28-10-8-7-9-11-28)32(39)23-38(22-26(3)4)49(41,42)30-16-17-33-34(21-30)48-25-47-33;1-20(2)16-30(37(32,33)24-12-13-27-28(15-24)36-19-35-27)17-26(31)25(29)14-21-8-10-23(11-9-21)34-18-22-6-4-3-5-7-22/h7-17,21,26,31-32,35,39H,5-6,18-20,22-25H2,1-4H3,(H,37,40);3-13,15,20,25-26,31H,14,16-19,29H2,1-2H3/t31-,32+;25-,26+/m00/s1. The molecule has 1 amide bonds. The fraction of sp³-hybridized carbons (Fsp3) is 0.422. The van der Waals surface area contributed by atoms with Gasteiger partial charge in [-0.05, 0) is 109 Å². The van der Waals surface area contributed by atoms with Crippen LogP contribution in [0.2, 0.25) is 0 Å². The zero-order valence-electron chi connectivity index (χ0n) is 49.7. The maximum Gasteiger partial charge on any atom is 0.407 e. The van der Waals surface area contributed by atoms with Crippen LogP contribution in [0.15, 0.2) is 155 Å². The quantitative estimate of drug-likeness (QED) is 0.0288. The van der Waals surface area contributed by atoms with Gasteiger partial charge in [-0.15, -0.1) is 0 Å². The van der Waals surface area contributed by atoms with E-state index in [1.165, 1.54) is 32.9 Å². The van der Waals surface area contributed by atoms with Gasteiger partial charge >= 0.3 is 6.09 Å². The zero-order valence-corrected chi connectivity index (χ0v) is 51.3. The number of nitrogens with one attached hydrogen (secondary N) is 1. The van der Waals surface area contributed by atoms with Crippen LogP contribution in [0.25, 0.3) is 0 Å².